The SMILES string of the molecule is CC(=O)Nc1ccc(NCCc2nnc(-c3ccccc3)o2)cc1. The molecule has 1 amide bonds. The standard InChI is InChI=1S/C18H18N4O2/c1-13(23)20-16-9-7-15(8-10-16)19-12-11-17-21-22-18(24-17)14-5-3-2-4-6-14/h2-10,19H,11-12H2,1H3,(H,20,23). The summed E-state index contributed by atoms with van der Waals surface area (Å²) in [7, 11) is 0. The quantitative estimate of drug-likeness (QED) is 0.727. The van der Waals surface area contributed by atoms with E-state index in [0.29, 0.717) is 24.7 Å². The summed E-state index contributed by atoms with van der Waals surface area (Å²) in [5, 5.41) is 14.1. The molecule has 0 bridgehead atoms. The minimum Gasteiger partial charge on any atom is -0.421 e. The van der Waals surface area contributed by atoms with Crippen molar-refractivity contribution in [3.63, 3.8) is 0 Å². The van der Waals surface area contributed by atoms with Crippen LogP contribution in [0.1, 0.15) is 12.8 Å². The topological polar surface area (TPSA) is 80.0 Å². The normalized spacial score (nSPS) is 10.4. The third-order valence-electron chi connectivity index (χ3n) is 3.36. The van der Waals surface area contributed by atoms with Crippen LogP contribution in [0.15, 0.2) is 59.0 Å². The van der Waals surface area contributed by atoms with Crippen LogP contribution in [0.2, 0.25) is 0 Å². The average molecular weight is 322 g/mol. The summed E-state index contributed by atoms with van der Waals surface area (Å²) in [5.41, 5.74) is 2.65. The lowest BCUT2D eigenvalue weighted by molar-refractivity contribution is -0.114. The van der Waals surface area contributed by atoms with E-state index in [9.17, 15) is 4.79 Å². The first-order valence-electron chi connectivity index (χ1n) is 7.70. The first-order valence-corrected chi connectivity index (χ1v) is 7.70. The van der Waals surface area contributed by atoms with Gasteiger partial charge >= 0.3 is 0 Å². The van der Waals surface area contributed by atoms with Gasteiger partial charge in [0, 0.05) is 36.8 Å². The van der Waals surface area contributed by atoms with E-state index in [1.54, 1.807) is 0 Å². The first-order chi connectivity index (χ1) is 11.7. The molecular formula is C18H18N4O2. The fourth-order valence-electron chi connectivity index (χ4n) is 2.24. The highest BCUT2D eigenvalue weighted by Crippen LogP contribution is 2.17. The largest absolute Gasteiger partial charge is 0.421 e. The number of aromatic nitrogens is 2. The van der Waals surface area contributed by atoms with Gasteiger partial charge in [0.2, 0.25) is 17.7 Å². The Morgan fingerprint density at radius 2 is 1.71 bits per heavy atom. The van der Waals surface area contributed by atoms with E-state index in [2.05, 4.69) is 20.8 Å². The fraction of sp³-hybridized carbons (Fsp3) is 0.167. The van der Waals surface area contributed by atoms with Gasteiger partial charge in [-0.15, -0.1) is 10.2 Å². The summed E-state index contributed by atoms with van der Waals surface area (Å²) in [4.78, 5) is 11.0. The lowest BCUT2D eigenvalue weighted by Gasteiger charge is -2.06. The molecule has 0 radical (unpaired) electrons. The Labute approximate surface area is 139 Å². The van der Waals surface area contributed by atoms with Crippen LogP contribution in [0.3, 0.4) is 0 Å². The second-order valence-corrected chi connectivity index (χ2v) is 5.30. The Morgan fingerprint density at radius 1 is 1.00 bits per heavy atom. The van der Waals surface area contributed by atoms with Crippen molar-refractivity contribution in [2.24, 2.45) is 0 Å². The molecule has 0 aliphatic carbocycles. The van der Waals surface area contributed by atoms with E-state index in [1.807, 2.05) is 54.6 Å². The van der Waals surface area contributed by atoms with Crippen molar-refractivity contribution in [2.45, 2.75) is 13.3 Å². The molecule has 6 heteroatoms. The summed E-state index contributed by atoms with van der Waals surface area (Å²) >= 11 is 0. The molecule has 0 spiro atoms. The van der Waals surface area contributed by atoms with Crippen molar-refractivity contribution >= 4 is 17.3 Å². The predicted molar refractivity (Wildman–Crippen MR) is 92.7 cm³/mol. The second-order valence-electron chi connectivity index (χ2n) is 5.30. The predicted octanol–water partition coefficient (Wildman–Crippen LogP) is 3.35. The number of benzene rings is 2. The van der Waals surface area contributed by atoms with Gasteiger partial charge in [0.05, 0.1) is 0 Å². The molecule has 1 aromatic heterocycles. The highest BCUT2D eigenvalue weighted by atomic mass is 16.4. The minimum atomic E-state index is -0.0821. The third-order valence-corrected chi connectivity index (χ3v) is 3.36. The number of rotatable bonds is 6. The molecule has 0 fully saturated rings. The highest BCUT2D eigenvalue weighted by Gasteiger charge is 2.07. The molecule has 122 valence electrons. The van der Waals surface area contributed by atoms with Gasteiger partial charge in [-0.1, -0.05) is 18.2 Å². The maximum atomic E-state index is 11.0. The number of hydrogen-bond acceptors (Lipinski definition) is 5. The summed E-state index contributed by atoms with van der Waals surface area (Å²) in [6, 6.07) is 17.2. The van der Waals surface area contributed by atoms with Crippen LogP contribution >= 0.6 is 0 Å². The van der Waals surface area contributed by atoms with E-state index in [0.717, 1.165) is 16.9 Å². The van der Waals surface area contributed by atoms with Crippen LogP contribution in [0.4, 0.5) is 11.4 Å². The highest BCUT2D eigenvalue weighted by molar-refractivity contribution is 5.88. The van der Waals surface area contributed by atoms with Crippen LogP contribution in [0.25, 0.3) is 11.5 Å². The van der Waals surface area contributed by atoms with E-state index in [-0.39, 0.29) is 5.91 Å². The summed E-state index contributed by atoms with van der Waals surface area (Å²) in [6.07, 6.45) is 0.632. The first kappa shape index (κ1) is 15.7. The Morgan fingerprint density at radius 3 is 2.42 bits per heavy atom. The summed E-state index contributed by atoms with van der Waals surface area (Å²) < 4.78 is 5.66. The van der Waals surface area contributed by atoms with Crippen molar-refractivity contribution in [3.05, 3.63) is 60.5 Å². The molecule has 0 aliphatic rings. The van der Waals surface area contributed by atoms with Crippen molar-refractivity contribution in [3.8, 4) is 11.5 Å². The van der Waals surface area contributed by atoms with Gasteiger partial charge in [0.1, 0.15) is 0 Å². The van der Waals surface area contributed by atoms with E-state index in [4.69, 9.17) is 4.42 Å². The zero-order chi connectivity index (χ0) is 16.8. The van der Waals surface area contributed by atoms with E-state index < -0.39 is 0 Å². The van der Waals surface area contributed by atoms with Crippen LogP contribution < -0.4 is 10.6 Å². The van der Waals surface area contributed by atoms with Crippen LogP contribution in [0.5, 0.6) is 0 Å². The Hall–Kier alpha value is -3.15. The lowest BCUT2D eigenvalue weighted by atomic mass is 10.2. The van der Waals surface area contributed by atoms with Gasteiger partial charge in [-0.3, -0.25) is 4.79 Å². The maximum absolute atomic E-state index is 11.0. The molecule has 2 aromatic carbocycles. The zero-order valence-corrected chi connectivity index (χ0v) is 13.3. The van der Waals surface area contributed by atoms with E-state index >= 15 is 0 Å². The summed E-state index contributed by atoms with van der Waals surface area (Å²) in [6.45, 7) is 2.16. The fourth-order valence-corrected chi connectivity index (χ4v) is 2.24. The van der Waals surface area contributed by atoms with Crippen LogP contribution in [0, 0.1) is 0 Å². The van der Waals surface area contributed by atoms with Crippen LogP contribution in [-0.4, -0.2) is 22.6 Å². The van der Waals surface area contributed by atoms with Gasteiger partial charge in [0.25, 0.3) is 0 Å². The molecular weight excluding hydrogens is 304 g/mol. The molecule has 24 heavy (non-hydrogen) atoms. The molecule has 0 saturated heterocycles. The average Bonchev–Trinajstić information content (AvgIpc) is 3.06. The van der Waals surface area contributed by atoms with Gasteiger partial charge in [-0.25, -0.2) is 0 Å². The minimum absolute atomic E-state index is 0.0821. The molecule has 1 heterocycles. The Kier molecular flexibility index (Phi) is 4.86. The monoisotopic (exact) mass is 322 g/mol. The Balaban J connectivity index is 1.52. The van der Waals surface area contributed by atoms with Gasteiger partial charge in [0.15, 0.2) is 0 Å². The molecule has 0 saturated carbocycles. The molecule has 0 atom stereocenters. The van der Waals surface area contributed by atoms with Crippen molar-refractivity contribution in [1.82, 2.24) is 10.2 Å². The molecule has 3 aromatic rings. The third kappa shape index (κ3) is 4.19. The van der Waals surface area contributed by atoms with Gasteiger partial charge < -0.3 is 15.1 Å². The molecule has 2 N–H and O–H groups in total. The molecule has 0 aliphatic heterocycles. The number of amides is 1. The number of hydrogen-bond donors (Lipinski definition) is 2. The van der Waals surface area contributed by atoms with Crippen LogP contribution in [-0.2, 0) is 11.2 Å². The van der Waals surface area contributed by atoms with Gasteiger partial charge in [-0.2, -0.15) is 0 Å². The summed E-state index contributed by atoms with van der Waals surface area (Å²) in [5.74, 6) is 1.04. The second kappa shape index (κ2) is 7.41. The van der Waals surface area contributed by atoms with E-state index in [1.165, 1.54) is 6.92 Å². The number of carbonyl (C=O) groups is 1. The number of carbonyl (C=O) groups excluding carboxylic acids is 1. The smallest absolute Gasteiger partial charge is 0.247 e. The number of nitrogens with zero attached hydrogens (tertiary/aromatic N) is 2. The molecule has 3 rings (SSSR count). The number of anilines is 2. The van der Waals surface area contributed by atoms with Crippen molar-refractivity contribution in [1.29, 1.82) is 0 Å². The van der Waals surface area contributed by atoms with Crippen molar-refractivity contribution in [2.75, 3.05) is 17.2 Å². The maximum Gasteiger partial charge on any atom is 0.247 e. The zero-order valence-electron chi connectivity index (χ0n) is 13.3. The van der Waals surface area contributed by atoms with Crippen molar-refractivity contribution < 1.29 is 9.21 Å². The van der Waals surface area contributed by atoms with Gasteiger partial charge in [-0.05, 0) is 36.4 Å². The molecule has 0 unspecified atom stereocenters. The Bertz CT molecular complexity index is 797. The molecule has 6 nitrogen and oxygen atoms in total. The lowest BCUT2D eigenvalue weighted by Crippen LogP contribution is -2.07. The number of nitrogens with one attached hydrogen (secondary N) is 2.